The molecule has 6 nitrogen and oxygen atoms in total. The van der Waals surface area contributed by atoms with Crippen molar-refractivity contribution in [3.8, 4) is 0 Å². The summed E-state index contributed by atoms with van der Waals surface area (Å²) >= 11 is 0. The van der Waals surface area contributed by atoms with Crippen molar-refractivity contribution in [3.63, 3.8) is 0 Å². The topological polar surface area (TPSA) is 67.5 Å². The zero-order valence-electron chi connectivity index (χ0n) is 12.0. The zero-order chi connectivity index (χ0) is 14.1. The Morgan fingerprint density at radius 1 is 1.40 bits per heavy atom. The summed E-state index contributed by atoms with van der Waals surface area (Å²) in [6.07, 6.45) is 2.74. The first-order valence-electron chi connectivity index (χ1n) is 7.21. The number of aromatic nitrogens is 2. The van der Waals surface area contributed by atoms with Crippen LogP contribution in [-0.4, -0.2) is 59.5 Å². The average molecular weight is 279 g/mol. The van der Waals surface area contributed by atoms with Crippen LogP contribution in [0.4, 0.5) is 0 Å². The van der Waals surface area contributed by atoms with Crippen molar-refractivity contribution in [1.29, 1.82) is 0 Å². The molecule has 3 heterocycles. The van der Waals surface area contributed by atoms with Crippen LogP contribution in [0.2, 0.25) is 0 Å². The second kappa shape index (κ2) is 5.54. The molecule has 110 valence electrons. The van der Waals surface area contributed by atoms with Gasteiger partial charge >= 0.3 is 0 Å². The molecule has 0 unspecified atom stereocenters. The van der Waals surface area contributed by atoms with Crippen LogP contribution in [0.25, 0.3) is 0 Å². The molecule has 0 spiro atoms. The van der Waals surface area contributed by atoms with Gasteiger partial charge in [0, 0.05) is 25.6 Å². The van der Waals surface area contributed by atoms with Gasteiger partial charge < -0.3 is 14.4 Å². The molecule has 3 rings (SSSR count). The van der Waals surface area contributed by atoms with E-state index in [0.29, 0.717) is 25.3 Å². The summed E-state index contributed by atoms with van der Waals surface area (Å²) in [5, 5.41) is 7.04. The molecular formula is C14H21N3O3. The highest BCUT2D eigenvalue weighted by atomic mass is 16.5. The lowest BCUT2D eigenvalue weighted by Crippen LogP contribution is -2.48. The van der Waals surface area contributed by atoms with Gasteiger partial charge in [0.05, 0.1) is 36.3 Å². The smallest absolute Gasteiger partial charge is 0.257 e. The summed E-state index contributed by atoms with van der Waals surface area (Å²) in [5.41, 5.74) is 1.60. The van der Waals surface area contributed by atoms with E-state index in [4.69, 9.17) is 9.47 Å². The molecule has 2 fully saturated rings. The second-order valence-corrected chi connectivity index (χ2v) is 5.73. The molecule has 1 aromatic rings. The molecule has 0 bridgehead atoms. The number of ether oxygens (including phenoxy) is 2. The lowest BCUT2D eigenvalue weighted by molar-refractivity contribution is -0.0586. The largest absolute Gasteiger partial charge is 0.381 e. The van der Waals surface area contributed by atoms with E-state index >= 15 is 0 Å². The van der Waals surface area contributed by atoms with Gasteiger partial charge in [0.1, 0.15) is 0 Å². The third kappa shape index (κ3) is 2.58. The Hall–Kier alpha value is -1.40. The first-order chi connectivity index (χ1) is 9.65. The van der Waals surface area contributed by atoms with Crippen molar-refractivity contribution in [2.45, 2.75) is 38.4 Å². The van der Waals surface area contributed by atoms with E-state index in [-0.39, 0.29) is 24.0 Å². The third-order valence-electron chi connectivity index (χ3n) is 3.94. The molecule has 0 aliphatic carbocycles. The molecule has 0 aromatic carbocycles. The highest BCUT2D eigenvalue weighted by Gasteiger charge is 2.31. The van der Waals surface area contributed by atoms with Gasteiger partial charge in [-0.15, -0.1) is 0 Å². The highest BCUT2D eigenvalue weighted by molar-refractivity contribution is 5.95. The van der Waals surface area contributed by atoms with Crippen LogP contribution < -0.4 is 0 Å². The number of nitrogens with one attached hydrogen (secondary N) is 1. The lowest BCUT2D eigenvalue weighted by atomic mass is 10.0. The number of nitrogens with zero attached hydrogens (tertiary/aromatic N) is 2. The van der Waals surface area contributed by atoms with Crippen LogP contribution in [0.1, 0.15) is 42.2 Å². The van der Waals surface area contributed by atoms with Crippen LogP contribution in [-0.2, 0) is 9.47 Å². The fourth-order valence-corrected chi connectivity index (χ4v) is 3.05. The van der Waals surface area contributed by atoms with Gasteiger partial charge in [0.25, 0.3) is 5.91 Å². The number of H-pyrrole nitrogens is 1. The van der Waals surface area contributed by atoms with Crippen molar-refractivity contribution in [2.24, 2.45) is 0 Å². The molecule has 0 radical (unpaired) electrons. The van der Waals surface area contributed by atoms with Crippen molar-refractivity contribution in [2.75, 3.05) is 26.3 Å². The number of carbonyl (C=O) groups is 1. The molecule has 1 amide bonds. The Labute approximate surface area is 118 Å². The second-order valence-electron chi connectivity index (χ2n) is 5.73. The summed E-state index contributed by atoms with van der Waals surface area (Å²) < 4.78 is 11.1. The molecule has 2 aliphatic rings. The Kier molecular flexibility index (Phi) is 3.76. The standard InChI is InChI=1S/C14H21N3O3/c1-9-6-17(7-10(2)20-9)14(18)12-5-15-16-13(12)11-3-4-19-8-11/h5,9-11H,3-4,6-8H2,1-2H3,(H,15,16)/t9-,10+,11-/m1/s1. The van der Waals surface area contributed by atoms with E-state index in [0.717, 1.165) is 18.7 Å². The maximum atomic E-state index is 12.7. The SMILES string of the molecule is C[C@@H]1CN(C(=O)c2cn[nH]c2[C@@H]2CCOC2)C[C@H](C)O1. The molecule has 2 saturated heterocycles. The average Bonchev–Trinajstić information content (AvgIpc) is 3.07. The minimum absolute atomic E-state index is 0.0441. The molecule has 1 N–H and O–H groups in total. The number of rotatable bonds is 2. The Bertz CT molecular complexity index is 472. The van der Waals surface area contributed by atoms with Crippen LogP contribution in [0.5, 0.6) is 0 Å². The normalized spacial score (nSPS) is 30.7. The van der Waals surface area contributed by atoms with Crippen molar-refractivity contribution in [3.05, 3.63) is 17.5 Å². The lowest BCUT2D eigenvalue weighted by Gasteiger charge is -2.35. The molecule has 1 aromatic heterocycles. The Morgan fingerprint density at radius 3 is 2.80 bits per heavy atom. The molecule has 3 atom stereocenters. The number of hydrogen-bond acceptors (Lipinski definition) is 4. The van der Waals surface area contributed by atoms with E-state index in [1.54, 1.807) is 6.20 Å². The van der Waals surface area contributed by atoms with Crippen LogP contribution in [0.15, 0.2) is 6.20 Å². The molecule has 6 heteroatoms. The highest BCUT2D eigenvalue weighted by Crippen LogP contribution is 2.27. The fourth-order valence-electron chi connectivity index (χ4n) is 3.05. The maximum Gasteiger partial charge on any atom is 0.257 e. The van der Waals surface area contributed by atoms with Gasteiger partial charge in [0.2, 0.25) is 0 Å². The summed E-state index contributed by atoms with van der Waals surface area (Å²) in [6, 6.07) is 0. The van der Waals surface area contributed by atoms with Gasteiger partial charge in [-0.25, -0.2) is 0 Å². The summed E-state index contributed by atoms with van der Waals surface area (Å²) in [6.45, 7) is 6.68. The van der Waals surface area contributed by atoms with E-state index in [1.165, 1.54) is 0 Å². The Morgan fingerprint density at radius 2 is 2.15 bits per heavy atom. The van der Waals surface area contributed by atoms with Crippen molar-refractivity contribution < 1.29 is 14.3 Å². The monoisotopic (exact) mass is 279 g/mol. The number of carbonyl (C=O) groups excluding carboxylic acids is 1. The minimum Gasteiger partial charge on any atom is -0.381 e. The van der Waals surface area contributed by atoms with E-state index < -0.39 is 0 Å². The van der Waals surface area contributed by atoms with Crippen LogP contribution in [0.3, 0.4) is 0 Å². The van der Waals surface area contributed by atoms with Crippen LogP contribution >= 0.6 is 0 Å². The summed E-state index contributed by atoms with van der Waals surface area (Å²) in [4.78, 5) is 14.6. The molecule has 0 saturated carbocycles. The van der Waals surface area contributed by atoms with E-state index in [9.17, 15) is 4.79 Å². The van der Waals surface area contributed by atoms with Gasteiger partial charge in [0.15, 0.2) is 0 Å². The van der Waals surface area contributed by atoms with Gasteiger partial charge in [-0.1, -0.05) is 0 Å². The predicted octanol–water partition coefficient (Wildman–Crippen LogP) is 1.16. The van der Waals surface area contributed by atoms with Crippen molar-refractivity contribution >= 4 is 5.91 Å². The van der Waals surface area contributed by atoms with Crippen molar-refractivity contribution in [1.82, 2.24) is 15.1 Å². The van der Waals surface area contributed by atoms with Crippen LogP contribution in [0, 0.1) is 0 Å². The molecule has 2 aliphatic heterocycles. The van der Waals surface area contributed by atoms with E-state index in [2.05, 4.69) is 10.2 Å². The van der Waals surface area contributed by atoms with Gasteiger partial charge in [-0.2, -0.15) is 5.10 Å². The number of morpholine rings is 1. The maximum absolute atomic E-state index is 12.7. The molecular weight excluding hydrogens is 258 g/mol. The first kappa shape index (κ1) is 13.6. The number of aromatic amines is 1. The predicted molar refractivity (Wildman–Crippen MR) is 72.7 cm³/mol. The summed E-state index contributed by atoms with van der Waals surface area (Å²) in [5.74, 6) is 0.301. The number of amides is 1. The number of hydrogen-bond donors (Lipinski definition) is 1. The minimum atomic E-state index is 0.0441. The van der Waals surface area contributed by atoms with E-state index in [1.807, 2.05) is 18.7 Å². The third-order valence-corrected chi connectivity index (χ3v) is 3.94. The quantitative estimate of drug-likeness (QED) is 0.882. The Balaban J connectivity index is 1.78. The van der Waals surface area contributed by atoms with Gasteiger partial charge in [-0.05, 0) is 20.3 Å². The fraction of sp³-hybridized carbons (Fsp3) is 0.714. The zero-order valence-corrected chi connectivity index (χ0v) is 12.0. The molecule has 20 heavy (non-hydrogen) atoms. The summed E-state index contributed by atoms with van der Waals surface area (Å²) in [7, 11) is 0. The van der Waals surface area contributed by atoms with Gasteiger partial charge in [-0.3, -0.25) is 9.89 Å². The first-order valence-corrected chi connectivity index (χ1v) is 7.21.